The lowest BCUT2D eigenvalue weighted by molar-refractivity contribution is 0.101. The van der Waals surface area contributed by atoms with E-state index >= 15 is 0 Å². The second-order valence-corrected chi connectivity index (χ2v) is 3.12. The van der Waals surface area contributed by atoms with E-state index < -0.39 is 0 Å². The number of halogens is 1. The van der Waals surface area contributed by atoms with Crippen molar-refractivity contribution < 1.29 is 14.3 Å². The molecule has 0 fully saturated rings. The molecule has 0 saturated heterocycles. The zero-order valence-electron chi connectivity index (χ0n) is 7.83. The molecule has 0 aliphatic rings. The fourth-order valence-corrected chi connectivity index (χ4v) is 1.38. The van der Waals surface area contributed by atoms with Gasteiger partial charge in [-0.2, -0.15) is 0 Å². The summed E-state index contributed by atoms with van der Waals surface area (Å²) in [7, 11) is 1.39. The average Bonchev–Trinajstić information content (AvgIpc) is 2.16. The number of carbonyl (C=O) groups excluding carboxylic acids is 2. The number of rotatable bonds is 3. The van der Waals surface area contributed by atoms with Crippen LogP contribution in [0.1, 0.15) is 27.6 Å². The van der Waals surface area contributed by atoms with Crippen molar-refractivity contribution in [2.24, 2.45) is 0 Å². The molecule has 0 radical (unpaired) electrons. The molecule has 0 heterocycles. The van der Waals surface area contributed by atoms with Gasteiger partial charge in [0.1, 0.15) is 5.75 Å². The van der Waals surface area contributed by atoms with Crippen molar-refractivity contribution in [3.8, 4) is 5.75 Å². The van der Waals surface area contributed by atoms with Crippen LogP contribution in [-0.2, 0) is 0 Å². The molecule has 1 rings (SSSR count). The van der Waals surface area contributed by atoms with Gasteiger partial charge in [-0.15, -0.1) is 0 Å². The summed E-state index contributed by atoms with van der Waals surface area (Å²) in [5.41, 5.74) is 0.570. The molecule has 0 amide bonds. The summed E-state index contributed by atoms with van der Waals surface area (Å²) >= 11 is 5.76. The predicted molar refractivity (Wildman–Crippen MR) is 53.4 cm³/mol. The molecule has 0 unspecified atom stereocenters. The Bertz CT molecular complexity index is 385. The third kappa shape index (κ3) is 1.77. The van der Waals surface area contributed by atoms with Gasteiger partial charge in [-0.1, -0.05) is 11.6 Å². The minimum atomic E-state index is -0.165. The summed E-state index contributed by atoms with van der Waals surface area (Å²) in [5, 5.41) is 0.279. The molecular formula is C10H9ClO3. The van der Waals surface area contributed by atoms with Crippen LogP contribution >= 0.6 is 11.6 Å². The Morgan fingerprint density at radius 1 is 1.50 bits per heavy atom. The number of aldehydes is 1. The highest BCUT2D eigenvalue weighted by Gasteiger charge is 2.14. The fraction of sp³-hybridized carbons (Fsp3) is 0.200. The number of benzene rings is 1. The fourth-order valence-electron chi connectivity index (χ4n) is 1.18. The molecule has 0 atom stereocenters. The Balaban J connectivity index is 3.48. The van der Waals surface area contributed by atoms with Crippen molar-refractivity contribution in [3.05, 3.63) is 28.3 Å². The van der Waals surface area contributed by atoms with E-state index in [1.165, 1.54) is 26.2 Å². The maximum Gasteiger partial charge on any atom is 0.163 e. The number of Topliss-reactive ketones (excluding diaryl/α,β-unsaturated/α-hetero) is 1. The lowest BCUT2D eigenvalue weighted by Crippen LogP contribution is -2.01. The number of hydrogen-bond donors (Lipinski definition) is 0. The SMILES string of the molecule is COc1c(C(C)=O)ccc(Cl)c1C=O. The van der Waals surface area contributed by atoms with Gasteiger partial charge in [0.2, 0.25) is 0 Å². The van der Waals surface area contributed by atoms with Gasteiger partial charge in [-0.3, -0.25) is 9.59 Å². The van der Waals surface area contributed by atoms with Gasteiger partial charge in [0.15, 0.2) is 12.1 Å². The number of hydrogen-bond acceptors (Lipinski definition) is 3. The summed E-state index contributed by atoms with van der Waals surface area (Å²) < 4.78 is 4.97. The molecule has 0 aliphatic carbocycles. The van der Waals surface area contributed by atoms with E-state index in [-0.39, 0.29) is 22.1 Å². The minimum Gasteiger partial charge on any atom is -0.495 e. The summed E-state index contributed by atoms with van der Waals surface area (Å²) in [4.78, 5) is 21.9. The van der Waals surface area contributed by atoms with Gasteiger partial charge in [0.05, 0.1) is 23.3 Å². The largest absolute Gasteiger partial charge is 0.495 e. The Morgan fingerprint density at radius 2 is 2.14 bits per heavy atom. The first-order valence-corrected chi connectivity index (χ1v) is 4.32. The number of ketones is 1. The Kier molecular flexibility index (Phi) is 3.25. The van der Waals surface area contributed by atoms with Crippen molar-refractivity contribution >= 4 is 23.7 Å². The molecule has 0 aliphatic heterocycles. The Morgan fingerprint density at radius 3 is 2.57 bits per heavy atom. The van der Waals surface area contributed by atoms with E-state index in [0.717, 1.165) is 0 Å². The van der Waals surface area contributed by atoms with Crippen LogP contribution in [0.5, 0.6) is 5.75 Å². The smallest absolute Gasteiger partial charge is 0.163 e. The highest BCUT2D eigenvalue weighted by molar-refractivity contribution is 6.33. The zero-order chi connectivity index (χ0) is 10.7. The van der Waals surface area contributed by atoms with Crippen molar-refractivity contribution in [1.29, 1.82) is 0 Å². The average molecular weight is 213 g/mol. The van der Waals surface area contributed by atoms with E-state index in [4.69, 9.17) is 16.3 Å². The second-order valence-electron chi connectivity index (χ2n) is 2.72. The van der Waals surface area contributed by atoms with Crippen molar-refractivity contribution in [2.75, 3.05) is 7.11 Å². The van der Waals surface area contributed by atoms with Gasteiger partial charge in [-0.25, -0.2) is 0 Å². The minimum absolute atomic E-state index is 0.165. The molecule has 0 bridgehead atoms. The first-order valence-electron chi connectivity index (χ1n) is 3.94. The lowest BCUT2D eigenvalue weighted by atomic mass is 10.1. The second kappa shape index (κ2) is 4.24. The van der Waals surface area contributed by atoms with Gasteiger partial charge >= 0.3 is 0 Å². The molecular weight excluding hydrogens is 204 g/mol. The summed E-state index contributed by atoms with van der Waals surface area (Å²) in [6.07, 6.45) is 0.577. The van der Waals surface area contributed by atoms with E-state index in [0.29, 0.717) is 11.8 Å². The molecule has 3 nitrogen and oxygen atoms in total. The summed E-state index contributed by atoms with van der Waals surface area (Å²) in [6, 6.07) is 3.04. The Hall–Kier alpha value is -1.35. The van der Waals surface area contributed by atoms with Gasteiger partial charge in [0.25, 0.3) is 0 Å². The topological polar surface area (TPSA) is 43.4 Å². The van der Waals surface area contributed by atoms with Gasteiger partial charge < -0.3 is 4.74 Å². The predicted octanol–water partition coefficient (Wildman–Crippen LogP) is 2.36. The van der Waals surface area contributed by atoms with Crippen LogP contribution in [-0.4, -0.2) is 19.2 Å². The third-order valence-corrected chi connectivity index (χ3v) is 2.17. The van der Waals surface area contributed by atoms with Crippen molar-refractivity contribution in [3.63, 3.8) is 0 Å². The van der Waals surface area contributed by atoms with Crippen LogP contribution in [0, 0.1) is 0 Å². The van der Waals surface area contributed by atoms with E-state index in [2.05, 4.69) is 0 Å². The molecule has 0 spiro atoms. The van der Waals surface area contributed by atoms with Crippen LogP contribution in [0.3, 0.4) is 0 Å². The molecule has 1 aromatic rings. The maximum absolute atomic E-state index is 11.2. The first-order chi connectivity index (χ1) is 6.61. The zero-order valence-corrected chi connectivity index (χ0v) is 8.59. The highest BCUT2D eigenvalue weighted by Crippen LogP contribution is 2.29. The van der Waals surface area contributed by atoms with E-state index in [1.54, 1.807) is 0 Å². The van der Waals surface area contributed by atoms with Gasteiger partial charge in [-0.05, 0) is 19.1 Å². The van der Waals surface area contributed by atoms with Crippen LogP contribution < -0.4 is 4.74 Å². The van der Waals surface area contributed by atoms with Crippen molar-refractivity contribution in [2.45, 2.75) is 6.92 Å². The van der Waals surface area contributed by atoms with Crippen LogP contribution in [0.15, 0.2) is 12.1 Å². The number of ether oxygens (including phenoxy) is 1. The molecule has 0 aromatic heterocycles. The molecule has 74 valence electrons. The molecule has 1 aromatic carbocycles. The molecule has 14 heavy (non-hydrogen) atoms. The third-order valence-electron chi connectivity index (χ3n) is 1.84. The highest BCUT2D eigenvalue weighted by atomic mass is 35.5. The molecule has 4 heteroatoms. The monoisotopic (exact) mass is 212 g/mol. The summed E-state index contributed by atoms with van der Waals surface area (Å²) in [6.45, 7) is 1.40. The Labute approximate surface area is 86.6 Å². The van der Waals surface area contributed by atoms with Gasteiger partial charge in [0, 0.05) is 0 Å². The maximum atomic E-state index is 11.2. The quantitative estimate of drug-likeness (QED) is 0.571. The van der Waals surface area contributed by atoms with E-state index in [1.807, 2.05) is 0 Å². The molecule has 0 saturated carbocycles. The van der Waals surface area contributed by atoms with E-state index in [9.17, 15) is 9.59 Å². The van der Waals surface area contributed by atoms with Crippen LogP contribution in [0.2, 0.25) is 5.02 Å². The van der Waals surface area contributed by atoms with Crippen LogP contribution in [0.25, 0.3) is 0 Å². The summed E-state index contributed by atoms with van der Waals surface area (Å²) in [5.74, 6) is 0.0709. The lowest BCUT2D eigenvalue weighted by Gasteiger charge is -2.09. The van der Waals surface area contributed by atoms with Crippen molar-refractivity contribution in [1.82, 2.24) is 0 Å². The normalized spacial score (nSPS) is 9.64. The first kappa shape index (κ1) is 10.7. The van der Waals surface area contributed by atoms with Crippen LogP contribution in [0.4, 0.5) is 0 Å². The standard InChI is InChI=1S/C10H9ClO3/c1-6(13)7-3-4-9(11)8(5-12)10(7)14-2/h3-5H,1-2H3. The number of methoxy groups -OCH3 is 1. The number of carbonyl (C=O) groups is 2. The molecule has 0 N–H and O–H groups in total.